The average Bonchev–Trinajstić information content (AvgIpc) is 2.15. The zero-order valence-electron chi connectivity index (χ0n) is 6.81. The number of hydrogen-bond acceptors (Lipinski definition) is 2. The summed E-state index contributed by atoms with van der Waals surface area (Å²) in [5.74, 6) is -1.48. The SMILES string of the molecule is N#CCc1cc(F)c(C#N)c(I)c1F. The van der Waals surface area contributed by atoms with Gasteiger partial charge in [-0.25, -0.2) is 8.78 Å². The number of rotatable bonds is 1. The Morgan fingerprint density at radius 3 is 2.50 bits per heavy atom. The Balaban J connectivity index is 3.43. The van der Waals surface area contributed by atoms with Crippen molar-refractivity contribution in [3.63, 3.8) is 0 Å². The molecule has 0 aliphatic carbocycles. The first-order valence-corrected chi connectivity index (χ1v) is 4.63. The van der Waals surface area contributed by atoms with Gasteiger partial charge in [0.15, 0.2) is 0 Å². The van der Waals surface area contributed by atoms with E-state index in [9.17, 15) is 8.78 Å². The molecule has 0 N–H and O–H groups in total. The van der Waals surface area contributed by atoms with Gasteiger partial charge in [0.1, 0.15) is 23.3 Å². The van der Waals surface area contributed by atoms with E-state index >= 15 is 0 Å². The lowest BCUT2D eigenvalue weighted by Gasteiger charge is -2.03. The largest absolute Gasteiger partial charge is 0.205 e. The summed E-state index contributed by atoms with van der Waals surface area (Å²) < 4.78 is 26.4. The summed E-state index contributed by atoms with van der Waals surface area (Å²) in [5.41, 5.74) is -0.335. The molecule has 0 aliphatic heterocycles. The predicted octanol–water partition coefficient (Wildman–Crippen LogP) is 2.51. The number of halogens is 3. The van der Waals surface area contributed by atoms with Gasteiger partial charge in [-0.3, -0.25) is 0 Å². The maximum Gasteiger partial charge on any atom is 0.142 e. The summed E-state index contributed by atoms with van der Waals surface area (Å²) in [6, 6.07) is 4.18. The van der Waals surface area contributed by atoms with Crippen molar-refractivity contribution in [1.82, 2.24) is 0 Å². The minimum absolute atomic E-state index is 0.0200. The summed E-state index contributed by atoms with van der Waals surface area (Å²) in [5, 5.41) is 16.9. The van der Waals surface area contributed by atoms with Crippen molar-refractivity contribution in [3.05, 3.63) is 32.4 Å². The van der Waals surface area contributed by atoms with Gasteiger partial charge >= 0.3 is 0 Å². The molecule has 1 aromatic rings. The van der Waals surface area contributed by atoms with Gasteiger partial charge in [0.25, 0.3) is 0 Å². The van der Waals surface area contributed by atoms with Crippen LogP contribution in [0.3, 0.4) is 0 Å². The first-order valence-electron chi connectivity index (χ1n) is 3.55. The Labute approximate surface area is 92.9 Å². The zero-order chi connectivity index (χ0) is 10.7. The second-order valence-corrected chi connectivity index (χ2v) is 3.55. The van der Waals surface area contributed by atoms with E-state index < -0.39 is 11.6 Å². The molecule has 5 heteroatoms. The minimum Gasteiger partial charge on any atom is -0.205 e. The van der Waals surface area contributed by atoms with E-state index in [1.807, 2.05) is 0 Å². The van der Waals surface area contributed by atoms with Gasteiger partial charge in [-0.1, -0.05) is 0 Å². The van der Waals surface area contributed by atoms with E-state index in [0.717, 1.165) is 6.07 Å². The van der Waals surface area contributed by atoms with Crippen LogP contribution in [0.15, 0.2) is 6.07 Å². The van der Waals surface area contributed by atoms with Crippen LogP contribution in [-0.2, 0) is 6.42 Å². The third kappa shape index (κ3) is 1.83. The molecule has 0 radical (unpaired) electrons. The van der Waals surface area contributed by atoms with Gasteiger partial charge in [0, 0.05) is 5.56 Å². The van der Waals surface area contributed by atoms with Crippen LogP contribution >= 0.6 is 22.6 Å². The first kappa shape index (κ1) is 10.9. The molecule has 1 rings (SSSR count). The van der Waals surface area contributed by atoms with E-state index in [2.05, 4.69) is 0 Å². The molecule has 1 aromatic carbocycles. The summed E-state index contributed by atoms with van der Waals surface area (Å²) >= 11 is 1.55. The molecule has 0 aliphatic rings. The maximum atomic E-state index is 13.3. The fraction of sp³-hybridized carbons (Fsp3) is 0.111. The molecule has 0 amide bonds. The number of nitrogens with zero attached hydrogens (tertiary/aromatic N) is 2. The molecule has 0 unspecified atom stereocenters. The first-order chi connectivity index (χ1) is 6.61. The molecule has 0 spiro atoms. The summed E-state index contributed by atoms with van der Waals surface area (Å²) in [7, 11) is 0. The number of hydrogen-bond donors (Lipinski definition) is 0. The van der Waals surface area contributed by atoms with E-state index in [4.69, 9.17) is 10.5 Å². The van der Waals surface area contributed by atoms with Crippen molar-refractivity contribution >= 4 is 22.6 Å². The molecule has 0 bridgehead atoms. The monoisotopic (exact) mass is 304 g/mol. The van der Waals surface area contributed by atoms with E-state index in [0.29, 0.717) is 0 Å². The quantitative estimate of drug-likeness (QED) is 0.591. The van der Waals surface area contributed by atoms with Crippen LogP contribution in [0.25, 0.3) is 0 Å². The topological polar surface area (TPSA) is 47.6 Å². The Bertz CT molecular complexity index is 457. The molecule has 0 heterocycles. The molecule has 14 heavy (non-hydrogen) atoms. The highest BCUT2D eigenvalue weighted by molar-refractivity contribution is 14.1. The van der Waals surface area contributed by atoms with Crippen molar-refractivity contribution in [3.8, 4) is 12.1 Å². The highest BCUT2D eigenvalue weighted by Crippen LogP contribution is 2.22. The minimum atomic E-state index is -0.788. The Hall–Kier alpha value is -1.21. The van der Waals surface area contributed by atoms with Crippen LogP contribution in [0.5, 0.6) is 0 Å². The number of nitriles is 2. The van der Waals surface area contributed by atoms with Gasteiger partial charge < -0.3 is 0 Å². The van der Waals surface area contributed by atoms with Crippen LogP contribution < -0.4 is 0 Å². The van der Waals surface area contributed by atoms with E-state index in [1.54, 1.807) is 34.7 Å². The van der Waals surface area contributed by atoms with Crippen LogP contribution in [0, 0.1) is 37.9 Å². The summed E-state index contributed by atoms with van der Waals surface area (Å²) in [6.45, 7) is 0. The second-order valence-electron chi connectivity index (χ2n) is 2.47. The summed E-state index contributed by atoms with van der Waals surface area (Å²) in [6.07, 6.45) is -0.204. The third-order valence-electron chi connectivity index (χ3n) is 1.62. The lowest BCUT2D eigenvalue weighted by Crippen LogP contribution is -1.99. The third-order valence-corrected chi connectivity index (χ3v) is 2.63. The summed E-state index contributed by atoms with van der Waals surface area (Å²) in [4.78, 5) is 0. The van der Waals surface area contributed by atoms with Gasteiger partial charge in [0.2, 0.25) is 0 Å². The van der Waals surface area contributed by atoms with Gasteiger partial charge in [0.05, 0.1) is 16.1 Å². The Morgan fingerprint density at radius 2 is 2.00 bits per heavy atom. The van der Waals surface area contributed by atoms with Crippen LogP contribution in [-0.4, -0.2) is 0 Å². The fourth-order valence-corrected chi connectivity index (χ4v) is 1.68. The average molecular weight is 304 g/mol. The second kappa shape index (κ2) is 4.34. The molecular weight excluding hydrogens is 301 g/mol. The highest BCUT2D eigenvalue weighted by atomic mass is 127. The zero-order valence-corrected chi connectivity index (χ0v) is 8.97. The lowest BCUT2D eigenvalue weighted by molar-refractivity contribution is 0.580. The van der Waals surface area contributed by atoms with Gasteiger partial charge in [-0.2, -0.15) is 10.5 Å². The van der Waals surface area contributed by atoms with Gasteiger partial charge in [-0.05, 0) is 28.7 Å². The maximum absolute atomic E-state index is 13.3. The molecular formula is C9H3F2IN2. The number of benzene rings is 1. The van der Waals surface area contributed by atoms with Crippen molar-refractivity contribution in [2.24, 2.45) is 0 Å². The molecule has 0 aromatic heterocycles. The fourth-order valence-electron chi connectivity index (χ4n) is 0.960. The van der Waals surface area contributed by atoms with Crippen molar-refractivity contribution in [1.29, 1.82) is 10.5 Å². The van der Waals surface area contributed by atoms with Gasteiger partial charge in [-0.15, -0.1) is 0 Å². The van der Waals surface area contributed by atoms with E-state index in [-0.39, 0.29) is 21.1 Å². The standard InChI is InChI=1S/C9H3F2IN2/c10-7-3-5(1-2-13)8(11)9(12)6(7)4-14/h3H,1H2. The van der Waals surface area contributed by atoms with Crippen LogP contribution in [0.2, 0.25) is 0 Å². The molecule has 2 nitrogen and oxygen atoms in total. The van der Waals surface area contributed by atoms with E-state index in [1.165, 1.54) is 0 Å². The molecule has 0 saturated carbocycles. The Kier molecular flexibility index (Phi) is 3.37. The van der Waals surface area contributed by atoms with Crippen LogP contribution in [0.1, 0.15) is 11.1 Å². The Morgan fingerprint density at radius 1 is 1.36 bits per heavy atom. The molecule has 0 fully saturated rings. The normalized spacial score (nSPS) is 9.21. The molecule has 0 atom stereocenters. The predicted molar refractivity (Wildman–Crippen MR) is 53.1 cm³/mol. The van der Waals surface area contributed by atoms with Crippen molar-refractivity contribution < 1.29 is 8.78 Å². The van der Waals surface area contributed by atoms with Crippen molar-refractivity contribution in [2.75, 3.05) is 0 Å². The van der Waals surface area contributed by atoms with Crippen LogP contribution in [0.4, 0.5) is 8.78 Å². The highest BCUT2D eigenvalue weighted by Gasteiger charge is 2.15. The van der Waals surface area contributed by atoms with Crippen molar-refractivity contribution in [2.45, 2.75) is 6.42 Å². The molecule has 70 valence electrons. The lowest BCUT2D eigenvalue weighted by atomic mass is 10.1. The smallest absolute Gasteiger partial charge is 0.142 e. The molecule has 0 saturated heterocycles.